The van der Waals surface area contributed by atoms with Gasteiger partial charge in [-0.1, -0.05) is 0 Å². The molecule has 66 valence electrons. The molecule has 1 heterocycles. The van der Waals surface area contributed by atoms with Gasteiger partial charge in [0.05, 0.1) is 6.61 Å². The molecule has 2 fully saturated rings. The molecule has 1 unspecified atom stereocenters. The van der Waals surface area contributed by atoms with Crippen molar-refractivity contribution < 1.29 is 19.4 Å². The summed E-state index contributed by atoms with van der Waals surface area (Å²) in [6.45, 7) is -0.231. The van der Waals surface area contributed by atoms with Crippen molar-refractivity contribution in [3.63, 3.8) is 0 Å². The molecular weight excluding hydrogens is 162 g/mol. The van der Waals surface area contributed by atoms with Crippen molar-refractivity contribution in [2.75, 3.05) is 6.61 Å². The summed E-state index contributed by atoms with van der Waals surface area (Å²) in [6.07, 6.45) is -0.0863. The third-order valence-corrected chi connectivity index (χ3v) is 2.71. The van der Waals surface area contributed by atoms with Crippen LogP contribution in [0.4, 0.5) is 0 Å². The fraction of sp³-hybridized carbons (Fsp3) is 0.714. The Labute approximate surface area is 68.5 Å². The van der Waals surface area contributed by atoms with Gasteiger partial charge in [0.1, 0.15) is 6.10 Å². The Morgan fingerprint density at radius 2 is 2.50 bits per heavy atom. The van der Waals surface area contributed by atoms with E-state index in [9.17, 15) is 9.59 Å². The molecule has 1 aliphatic carbocycles. The first-order chi connectivity index (χ1) is 5.63. The number of rotatable bonds is 2. The lowest BCUT2D eigenvalue weighted by Gasteiger charge is -2.07. The van der Waals surface area contributed by atoms with Crippen LogP contribution in [0, 0.1) is 11.3 Å². The molecule has 1 saturated carbocycles. The number of aliphatic hydroxyl groups excluding tert-OH is 1. The van der Waals surface area contributed by atoms with Crippen LogP contribution in [0.25, 0.3) is 0 Å². The average molecular weight is 171 g/mol. The summed E-state index contributed by atoms with van der Waals surface area (Å²) in [5.74, 6) is -1.39. The van der Waals surface area contributed by atoms with Crippen molar-refractivity contribution in [2.24, 2.45) is 17.1 Å². The molecule has 2 aliphatic rings. The highest BCUT2D eigenvalue weighted by atomic mass is 16.6. The van der Waals surface area contributed by atoms with Crippen LogP contribution in [0.1, 0.15) is 6.42 Å². The summed E-state index contributed by atoms with van der Waals surface area (Å²) in [6, 6.07) is 0. The number of aliphatic hydroxyl groups is 1. The maximum Gasteiger partial charge on any atom is 0.322 e. The van der Waals surface area contributed by atoms with Crippen LogP contribution in [0.5, 0.6) is 0 Å². The second-order valence-electron chi connectivity index (χ2n) is 3.27. The van der Waals surface area contributed by atoms with E-state index in [2.05, 4.69) is 0 Å². The predicted molar refractivity (Wildman–Crippen MR) is 36.7 cm³/mol. The zero-order chi connectivity index (χ0) is 8.93. The molecule has 0 radical (unpaired) electrons. The number of hydrogen-bond donors (Lipinski definition) is 2. The number of esters is 1. The molecule has 0 bridgehead atoms. The average Bonchev–Trinajstić information content (AvgIpc) is 2.70. The van der Waals surface area contributed by atoms with E-state index in [1.807, 2.05) is 0 Å². The number of nitrogens with two attached hydrogens (primary N) is 1. The van der Waals surface area contributed by atoms with E-state index >= 15 is 0 Å². The first-order valence-corrected chi connectivity index (χ1v) is 3.75. The molecule has 3 N–H and O–H groups in total. The maximum absolute atomic E-state index is 11.1. The molecule has 1 saturated heterocycles. The molecule has 0 aromatic carbocycles. The summed E-state index contributed by atoms with van der Waals surface area (Å²) >= 11 is 0. The molecule has 1 amide bonds. The molecule has 2 rings (SSSR count). The van der Waals surface area contributed by atoms with E-state index in [0.29, 0.717) is 6.42 Å². The number of carbonyl (C=O) groups is 2. The van der Waals surface area contributed by atoms with Crippen LogP contribution in [0.3, 0.4) is 0 Å². The molecule has 12 heavy (non-hydrogen) atoms. The molecule has 0 spiro atoms. The summed E-state index contributed by atoms with van der Waals surface area (Å²) in [5, 5.41) is 8.75. The van der Waals surface area contributed by atoms with Gasteiger partial charge >= 0.3 is 5.97 Å². The summed E-state index contributed by atoms with van der Waals surface area (Å²) in [5.41, 5.74) is 3.97. The minimum Gasteiger partial charge on any atom is -0.459 e. The molecular formula is C7H9NO4. The van der Waals surface area contributed by atoms with Crippen LogP contribution < -0.4 is 5.73 Å². The van der Waals surface area contributed by atoms with E-state index in [1.165, 1.54) is 0 Å². The zero-order valence-corrected chi connectivity index (χ0v) is 6.32. The van der Waals surface area contributed by atoms with Crippen molar-refractivity contribution in [1.82, 2.24) is 0 Å². The van der Waals surface area contributed by atoms with Crippen molar-refractivity contribution in [3.8, 4) is 0 Å². The Morgan fingerprint density at radius 3 is 2.75 bits per heavy atom. The van der Waals surface area contributed by atoms with E-state index in [1.54, 1.807) is 0 Å². The van der Waals surface area contributed by atoms with Gasteiger partial charge in [-0.2, -0.15) is 0 Å². The number of carbonyl (C=O) groups excluding carboxylic acids is 2. The number of ether oxygens (including phenoxy) is 1. The Hall–Kier alpha value is -1.10. The molecule has 5 heteroatoms. The van der Waals surface area contributed by atoms with E-state index in [4.69, 9.17) is 15.6 Å². The van der Waals surface area contributed by atoms with Gasteiger partial charge in [-0.05, 0) is 6.42 Å². The minimum absolute atomic E-state index is 0.188. The first kappa shape index (κ1) is 7.54. The van der Waals surface area contributed by atoms with Crippen LogP contribution in [-0.4, -0.2) is 29.7 Å². The van der Waals surface area contributed by atoms with E-state index in [0.717, 1.165) is 0 Å². The topological polar surface area (TPSA) is 89.6 Å². The summed E-state index contributed by atoms with van der Waals surface area (Å²) in [7, 11) is 0. The van der Waals surface area contributed by atoms with Crippen molar-refractivity contribution in [1.29, 1.82) is 0 Å². The molecule has 0 aromatic rings. The number of hydrogen-bond acceptors (Lipinski definition) is 4. The SMILES string of the molecule is NC(=O)[C@]12C[C@H]1C(CO)OC2=O. The van der Waals surface area contributed by atoms with Gasteiger partial charge in [-0.25, -0.2) is 0 Å². The zero-order valence-electron chi connectivity index (χ0n) is 6.32. The molecule has 0 aromatic heterocycles. The lowest BCUT2D eigenvalue weighted by molar-refractivity contribution is -0.152. The Bertz CT molecular complexity index is 264. The summed E-state index contributed by atoms with van der Waals surface area (Å²) in [4.78, 5) is 22.0. The third kappa shape index (κ3) is 0.621. The Balaban J connectivity index is 2.25. The van der Waals surface area contributed by atoms with Crippen LogP contribution >= 0.6 is 0 Å². The highest BCUT2D eigenvalue weighted by molar-refractivity contribution is 6.07. The second-order valence-corrected chi connectivity index (χ2v) is 3.27. The highest BCUT2D eigenvalue weighted by Gasteiger charge is 2.73. The van der Waals surface area contributed by atoms with Crippen molar-refractivity contribution >= 4 is 11.9 Å². The van der Waals surface area contributed by atoms with Crippen LogP contribution in [-0.2, 0) is 14.3 Å². The van der Waals surface area contributed by atoms with E-state index < -0.39 is 23.4 Å². The van der Waals surface area contributed by atoms with Crippen LogP contribution in [0.15, 0.2) is 0 Å². The Kier molecular flexibility index (Phi) is 1.24. The standard InChI is InChI=1S/C7H9NO4/c8-5(10)7-1-3(7)4(2-9)12-6(7)11/h3-4,9H,1-2H2,(H2,8,10)/t3-,4?,7-/m0/s1. The number of primary amides is 1. The van der Waals surface area contributed by atoms with Gasteiger partial charge in [0.2, 0.25) is 5.91 Å². The van der Waals surface area contributed by atoms with Gasteiger partial charge < -0.3 is 15.6 Å². The number of amides is 1. The first-order valence-electron chi connectivity index (χ1n) is 3.75. The Morgan fingerprint density at radius 1 is 1.83 bits per heavy atom. The van der Waals surface area contributed by atoms with Crippen molar-refractivity contribution in [2.45, 2.75) is 12.5 Å². The van der Waals surface area contributed by atoms with Crippen LogP contribution in [0.2, 0.25) is 0 Å². The van der Waals surface area contributed by atoms with Gasteiger partial charge in [-0.3, -0.25) is 9.59 Å². The van der Waals surface area contributed by atoms with Gasteiger partial charge in [0.15, 0.2) is 5.41 Å². The second kappa shape index (κ2) is 1.98. The maximum atomic E-state index is 11.1. The molecule has 1 aliphatic heterocycles. The van der Waals surface area contributed by atoms with Gasteiger partial charge in [0, 0.05) is 5.92 Å². The molecule has 3 atom stereocenters. The van der Waals surface area contributed by atoms with Crippen molar-refractivity contribution in [3.05, 3.63) is 0 Å². The largest absolute Gasteiger partial charge is 0.459 e. The third-order valence-electron chi connectivity index (χ3n) is 2.71. The summed E-state index contributed by atoms with van der Waals surface area (Å²) < 4.78 is 4.75. The molecule has 5 nitrogen and oxygen atoms in total. The van der Waals surface area contributed by atoms with Gasteiger partial charge in [-0.15, -0.1) is 0 Å². The number of cyclic esters (lactones) is 1. The normalized spacial score (nSPS) is 43.6. The monoisotopic (exact) mass is 171 g/mol. The number of fused-ring (bicyclic) bond motifs is 1. The quantitative estimate of drug-likeness (QED) is 0.386. The fourth-order valence-electron chi connectivity index (χ4n) is 1.84. The van der Waals surface area contributed by atoms with E-state index in [-0.39, 0.29) is 12.5 Å². The highest BCUT2D eigenvalue weighted by Crippen LogP contribution is 2.60. The predicted octanol–water partition coefficient (Wildman–Crippen LogP) is -1.60. The smallest absolute Gasteiger partial charge is 0.322 e. The lowest BCUT2D eigenvalue weighted by atomic mass is 10.0. The minimum atomic E-state index is -1.09. The fourth-order valence-corrected chi connectivity index (χ4v) is 1.84. The van der Waals surface area contributed by atoms with Gasteiger partial charge in [0.25, 0.3) is 0 Å². The lowest BCUT2D eigenvalue weighted by Crippen LogP contribution is -2.31.